The lowest BCUT2D eigenvalue weighted by atomic mass is 9.88. The summed E-state index contributed by atoms with van der Waals surface area (Å²) in [5.41, 5.74) is 0. The molecule has 0 aliphatic heterocycles. The van der Waals surface area contributed by atoms with E-state index in [0.29, 0.717) is 18.9 Å². The molecule has 0 aromatic heterocycles. The van der Waals surface area contributed by atoms with Crippen LogP contribution in [0.4, 0.5) is 0 Å². The van der Waals surface area contributed by atoms with E-state index in [-0.39, 0.29) is 24.2 Å². The lowest BCUT2D eigenvalue weighted by molar-refractivity contribution is -0.137. The van der Waals surface area contributed by atoms with Crippen LogP contribution in [0.2, 0.25) is 0 Å². The normalized spacial score (nSPS) is 13.7. The van der Waals surface area contributed by atoms with Crippen LogP contribution in [0.1, 0.15) is 47.0 Å². The first-order valence-corrected chi connectivity index (χ1v) is 7.00. The molecule has 6 nitrogen and oxygen atoms in total. The van der Waals surface area contributed by atoms with Crippen molar-refractivity contribution in [1.82, 2.24) is 10.6 Å². The van der Waals surface area contributed by atoms with Crippen molar-refractivity contribution in [1.29, 1.82) is 0 Å². The van der Waals surface area contributed by atoms with Gasteiger partial charge in [0.15, 0.2) is 0 Å². The zero-order chi connectivity index (χ0) is 15.7. The smallest absolute Gasteiger partial charge is 0.303 e. The largest absolute Gasteiger partial charge is 0.481 e. The van der Waals surface area contributed by atoms with Gasteiger partial charge in [-0.3, -0.25) is 14.4 Å². The number of aliphatic carboxylic acids is 1. The first-order valence-electron chi connectivity index (χ1n) is 7.00. The van der Waals surface area contributed by atoms with Gasteiger partial charge in [-0.05, 0) is 31.6 Å². The number of rotatable bonds is 9. The molecule has 0 aromatic carbocycles. The SMILES string of the molecule is CC(=O)NC(C)C(=O)NCCC(CCC(=O)O)C(C)C. The van der Waals surface area contributed by atoms with E-state index in [9.17, 15) is 14.4 Å². The molecule has 6 heteroatoms. The summed E-state index contributed by atoms with van der Waals surface area (Å²) < 4.78 is 0. The summed E-state index contributed by atoms with van der Waals surface area (Å²) in [6, 6.07) is -0.552. The molecule has 116 valence electrons. The molecule has 0 rings (SSSR count). The summed E-state index contributed by atoms with van der Waals surface area (Å²) in [5, 5.41) is 14.0. The first-order chi connectivity index (χ1) is 9.23. The first kappa shape index (κ1) is 18.4. The third-order valence-electron chi connectivity index (χ3n) is 3.30. The molecule has 0 aliphatic rings. The van der Waals surface area contributed by atoms with E-state index in [1.165, 1.54) is 6.92 Å². The van der Waals surface area contributed by atoms with Gasteiger partial charge in [0.25, 0.3) is 0 Å². The van der Waals surface area contributed by atoms with Crippen LogP contribution in [0.3, 0.4) is 0 Å². The molecule has 0 bridgehead atoms. The fourth-order valence-corrected chi connectivity index (χ4v) is 2.02. The van der Waals surface area contributed by atoms with Crippen molar-refractivity contribution < 1.29 is 19.5 Å². The van der Waals surface area contributed by atoms with Crippen LogP contribution in [0.15, 0.2) is 0 Å². The molecule has 3 N–H and O–H groups in total. The Morgan fingerprint density at radius 3 is 2.15 bits per heavy atom. The van der Waals surface area contributed by atoms with Crippen LogP contribution in [0.5, 0.6) is 0 Å². The quantitative estimate of drug-likeness (QED) is 0.592. The number of carbonyl (C=O) groups is 3. The Balaban J connectivity index is 4.07. The van der Waals surface area contributed by atoms with E-state index < -0.39 is 12.0 Å². The minimum atomic E-state index is -0.793. The zero-order valence-electron chi connectivity index (χ0n) is 12.7. The average molecular weight is 286 g/mol. The van der Waals surface area contributed by atoms with E-state index in [1.54, 1.807) is 6.92 Å². The average Bonchev–Trinajstić information content (AvgIpc) is 2.31. The Hall–Kier alpha value is -1.59. The Morgan fingerprint density at radius 2 is 1.70 bits per heavy atom. The van der Waals surface area contributed by atoms with Crippen LogP contribution in [0, 0.1) is 11.8 Å². The lowest BCUT2D eigenvalue weighted by Gasteiger charge is -2.21. The number of carbonyl (C=O) groups excluding carboxylic acids is 2. The number of carboxylic acid groups (broad SMARTS) is 1. The van der Waals surface area contributed by atoms with Gasteiger partial charge in [-0.25, -0.2) is 0 Å². The molecule has 0 radical (unpaired) electrons. The highest BCUT2D eigenvalue weighted by Gasteiger charge is 2.17. The summed E-state index contributed by atoms with van der Waals surface area (Å²) in [7, 11) is 0. The molecule has 2 atom stereocenters. The summed E-state index contributed by atoms with van der Waals surface area (Å²) in [6.45, 7) is 7.58. The van der Waals surface area contributed by atoms with E-state index in [0.717, 1.165) is 6.42 Å². The molecule has 0 saturated carbocycles. The maximum Gasteiger partial charge on any atom is 0.303 e. The number of carboxylic acids is 1. The Morgan fingerprint density at radius 1 is 1.10 bits per heavy atom. The van der Waals surface area contributed by atoms with Crippen LogP contribution in [-0.4, -0.2) is 35.5 Å². The predicted octanol–water partition coefficient (Wildman–Crippen LogP) is 1.15. The van der Waals surface area contributed by atoms with E-state index in [1.807, 2.05) is 13.8 Å². The summed E-state index contributed by atoms with van der Waals surface area (Å²) in [5.74, 6) is -0.615. The van der Waals surface area contributed by atoms with Gasteiger partial charge in [0, 0.05) is 19.9 Å². The van der Waals surface area contributed by atoms with Gasteiger partial charge < -0.3 is 15.7 Å². The van der Waals surface area contributed by atoms with Gasteiger partial charge in [0.05, 0.1) is 0 Å². The van der Waals surface area contributed by atoms with Gasteiger partial charge >= 0.3 is 5.97 Å². The monoisotopic (exact) mass is 286 g/mol. The fourth-order valence-electron chi connectivity index (χ4n) is 2.02. The fraction of sp³-hybridized carbons (Fsp3) is 0.786. The standard InChI is InChI=1S/C14H26N2O4/c1-9(2)12(5-6-13(18)19)7-8-15-14(20)10(3)16-11(4)17/h9-10,12H,5-8H2,1-4H3,(H,15,20)(H,16,17)(H,18,19). The van der Waals surface area contributed by atoms with Crippen LogP contribution >= 0.6 is 0 Å². The summed E-state index contributed by atoms with van der Waals surface area (Å²) >= 11 is 0. The Labute approximate surface area is 120 Å². The third kappa shape index (κ3) is 8.50. The zero-order valence-corrected chi connectivity index (χ0v) is 12.7. The third-order valence-corrected chi connectivity index (χ3v) is 3.30. The second-order valence-electron chi connectivity index (χ2n) is 5.44. The van der Waals surface area contributed by atoms with Crippen molar-refractivity contribution in [2.45, 2.75) is 53.0 Å². The molecule has 0 aliphatic carbocycles. The summed E-state index contributed by atoms with van der Waals surface area (Å²) in [4.78, 5) is 33.1. The maximum atomic E-state index is 11.7. The number of hydrogen-bond acceptors (Lipinski definition) is 3. The van der Waals surface area contributed by atoms with Crippen molar-refractivity contribution in [2.75, 3.05) is 6.54 Å². The number of nitrogens with one attached hydrogen (secondary N) is 2. The van der Waals surface area contributed by atoms with E-state index >= 15 is 0 Å². The van der Waals surface area contributed by atoms with Gasteiger partial charge in [0.2, 0.25) is 11.8 Å². The van der Waals surface area contributed by atoms with Crippen molar-refractivity contribution in [2.24, 2.45) is 11.8 Å². The van der Waals surface area contributed by atoms with Gasteiger partial charge in [-0.15, -0.1) is 0 Å². The second-order valence-corrected chi connectivity index (χ2v) is 5.44. The minimum Gasteiger partial charge on any atom is -0.481 e. The molecular weight excluding hydrogens is 260 g/mol. The minimum absolute atomic E-state index is 0.152. The molecule has 2 unspecified atom stereocenters. The Kier molecular flexibility index (Phi) is 8.59. The van der Waals surface area contributed by atoms with Crippen molar-refractivity contribution >= 4 is 17.8 Å². The molecule has 0 spiro atoms. The molecule has 0 heterocycles. The van der Waals surface area contributed by atoms with Crippen molar-refractivity contribution in [3.63, 3.8) is 0 Å². The van der Waals surface area contributed by atoms with E-state index in [2.05, 4.69) is 10.6 Å². The van der Waals surface area contributed by atoms with Crippen LogP contribution in [0.25, 0.3) is 0 Å². The summed E-state index contributed by atoms with van der Waals surface area (Å²) in [6.07, 6.45) is 1.51. The molecular formula is C14H26N2O4. The molecule has 2 amide bonds. The van der Waals surface area contributed by atoms with Gasteiger partial charge in [0.1, 0.15) is 6.04 Å². The van der Waals surface area contributed by atoms with Gasteiger partial charge in [-0.2, -0.15) is 0 Å². The van der Waals surface area contributed by atoms with Crippen LogP contribution in [-0.2, 0) is 14.4 Å². The Bertz CT molecular complexity index is 342. The second kappa shape index (κ2) is 9.34. The van der Waals surface area contributed by atoms with Crippen molar-refractivity contribution in [3.8, 4) is 0 Å². The highest BCUT2D eigenvalue weighted by Crippen LogP contribution is 2.20. The molecule has 0 saturated heterocycles. The topological polar surface area (TPSA) is 95.5 Å². The van der Waals surface area contributed by atoms with Gasteiger partial charge in [-0.1, -0.05) is 13.8 Å². The van der Waals surface area contributed by atoms with Crippen LogP contribution < -0.4 is 10.6 Å². The highest BCUT2D eigenvalue weighted by molar-refractivity contribution is 5.86. The molecule has 0 aromatic rings. The lowest BCUT2D eigenvalue weighted by Crippen LogP contribution is -2.44. The van der Waals surface area contributed by atoms with Crippen molar-refractivity contribution in [3.05, 3.63) is 0 Å². The number of amides is 2. The molecule has 0 fully saturated rings. The molecule has 20 heavy (non-hydrogen) atoms. The number of hydrogen-bond donors (Lipinski definition) is 3. The highest BCUT2D eigenvalue weighted by atomic mass is 16.4. The predicted molar refractivity (Wildman–Crippen MR) is 76.1 cm³/mol. The van der Waals surface area contributed by atoms with E-state index in [4.69, 9.17) is 5.11 Å². The maximum absolute atomic E-state index is 11.7.